The lowest BCUT2D eigenvalue weighted by Gasteiger charge is -2.09. The summed E-state index contributed by atoms with van der Waals surface area (Å²) in [5, 5.41) is 4.15. The monoisotopic (exact) mass is 348 g/mol. The molecule has 0 aliphatic carbocycles. The predicted molar refractivity (Wildman–Crippen MR) is 89.0 cm³/mol. The molecule has 0 saturated heterocycles. The largest absolute Gasteiger partial charge is 0.393 e. The molecule has 3 rings (SSSR count). The van der Waals surface area contributed by atoms with Crippen molar-refractivity contribution in [1.82, 2.24) is 19.3 Å². The zero-order valence-corrected chi connectivity index (χ0v) is 13.9. The maximum absolute atomic E-state index is 12.4. The Labute approximate surface area is 143 Å². The summed E-state index contributed by atoms with van der Waals surface area (Å²) in [7, 11) is 1.89. The highest BCUT2D eigenvalue weighted by atomic mass is 19.4. The summed E-state index contributed by atoms with van der Waals surface area (Å²) >= 11 is 0. The predicted octanol–water partition coefficient (Wildman–Crippen LogP) is 4.02. The number of aromatic nitrogens is 4. The van der Waals surface area contributed by atoms with E-state index in [1.807, 2.05) is 30.2 Å². The van der Waals surface area contributed by atoms with E-state index >= 15 is 0 Å². The SMILES string of the molecule is Cn1cc(CCCn2ccnc2-c2ccc(CC(F)(F)F)cc2)cn1. The van der Waals surface area contributed by atoms with Gasteiger partial charge in [0, 0.05) is 37.7 Å². The molecule has 0 spiro atoms. The van der Waals surface area contributed by atoms with Crippen molar-refractivity contribution in [2.24, 2.45) is 7.05 Å². The normalized spacial score (nSPS) is 11.8. The summed E-state index contributed by atoms with van der Waals surface area (Å²) in [5.41, 5.74) is 2.25. The van der Waals surface area contributed by atoms with E-state index in [0.29, 0.717) is 0 Å². The van der Waals surface area contributed by atoms with E-state index < -0.39 is 12.6 Å². The van der Waals surface area contributed by atoms with Crippen LogP contribution in [0.1, 0.15) is 17.5 Å². The van der Waals surface area contributed by atoms with Crippen molar-refractivity contribution in [2.75, 3.05) is 0 Å². The zero-order valence-electron chi connectivity index (χ0n) is 13.9. The number of rotatable bonds is 6. The Hall–Kier alpha value is -2.57. The van der Waals surface area contributed by atoms with Crippen LogP contribution in [-0.2, 0) is 26.4 Å². The number of hydrogen-bond acceptors (Lipinski definition) is 2. The van der Waals surface area contributed by atoms with Crippen molar-refractivity contribution in [3.63, 3.8) is 0 Å². The Balaban J connectivity index is 1.64. The highest BCUT2D eigenvalue weighted by Gasteiger charge is 2.27. The number of halogens is 3. The van der Waals surface area contributed by atoms with E-state index in [-0.39, 0.29) is 5.56 Å². The third-order valence-electron chi connectivity index (χ3n) is 3.96. The Morgan fingerprint density at radius 2 is 1.84 bits per heavy atom. The molecule has 0 fully saturated rings. The van der Waals surface area contributed by atoms with Gasteiger partial charge in [-0.25, -0.2) is 4.98 Å². The van der Waals surface area contributed by atoms with Gasteiger partial charge in [0.1, 0.15) is 5.82 Å². The van der Waals surface area contributed by atoms with Crippen molar-refractivity contribution in [3.05, 3.63) is 60.2 Å². The molecule has 0 aliphatic rings. The molecule has 1 aromatic carbocycles. The molecule has 4 nitrogen and oxygen atoms in total. The number of imidazole rings is 1. The molecule has 0 N–H and O–H groups in total. The van der Waals surface area contributed by atoms with Crippen LogP contribution < -0.4 is 0 Å². The smallest absolute Gasteiger partial charge is 0.331 e. The Kier molecular flexibility index (Phi) is 4.92. The van der Waals surface area contributed by atoms with E-state index in [1.165, 1.54) is 17.7 Å². The van der Waals surface area contributed by atoms with Crippen molar-refractivity contribution in [3.8, 4) is 11.4 Å². The summed E-state index contributed by atoms with van der Waals surface area (Å²) in [6.07, 6.45) is 4.20. The molecule has 0 saturated carbocycles. The van der Waals surface area contributed by atoms with Crippen molar-refractivity contribution < 1.29 is 13.2 Å². The molecule has 132 valence electrons. The van der Waals surface area contributed by atoms with E-state index in [1.54, 1.807) is 23.0 Å². The molecule has 2 heterocycles. The van der Waals surface area contributed by atoms with E-state index in [0.717, 1.165) is 30.8 Å². The number of aryl methyl sites for hydroxylation is 3. The molecule has 0 atom stereocenters. The first-order valence-electron chi connectivity index (χ1n) is 8.05. The van der Waals surface area contributed by atoms with Crippen LogP contribution in [0.5, 0.6) is 0 Å². The quantitative estimate of drug-likeness (QED) is 0.674. The van der Waals surface area contributed by atoms with Crippen LogP contribution in [0.4, 0.5) is 13.2 Å². The Morgan fingerprint density at radius 1 is 1.08 bits per heavy atom. The maximum Gasteiger partial charge on any atom is 0.393 e. The van der Waals surface area contributed by atoms with E-state index in [4.69, 9.17) is 0 Å². The molecular formula is C18H19F3N4. The van der Waals surface area contributed by atoms with Crippen LogP contribution in [-0.4, -0.2) is 25.5 Å². The maximum atomic E-state index is 12.4. The summed E-state index contributed by atoms with van der Waals surface area (Å²) in [4.78, 5) is 4.34. The number of nitrogens with zero attached hydrogens (tertiary/aromatic N) is 4. The van der Waals surface area contributed by atoms with Gasteiger partial charge in [0.2, 0.25) is 0 Å². The molecule has 3 aromatic rings. The van der Waals surface area contributed by atoms with Gasteiger partial charge in [-0.3, -0.25) is 4.68 Å². The molecule has 7 heteroatoms. The molecule has 25 heavy (non-hydrogen) atoms. The van der Waals surface area contributed by atoms with Gasteiger partial charge in [0.15, 0.2) is 0 Å². The van der Waals surface area contributed by atoms with Gasteiger partial charge in [0.25, 0.3) is 0 Å². The minimum atomic E-state index is -4.19. The molecule has 0 amide bonds. The van der Waals surface area contributed by atoms with Gasteiger partial charge in [-0.1, -0.05) is 24.3 Å². The summed E-state index contributed by atoms with van der Waals surface area (Å²) in [5.74, 6) is 0.768. The van der Waals surface area contributed by atoms with Gasteiger partial charge in [0.05, 0.1) is 12.6 Å². The molecule has 2 aromatic heterocycles. The van der Waals surface area contributed by atoms with Gasteiger partial charge in [-0.05, 0) is 24.0 Å². The summed E-state index contributed by atoms with van der Waals surface area (Å²) in [6, 6.07) is 6.41. The second-order valence-electron chi connectivity index (χ2n) is 6.06. The lowest BCUT2D eigenvalue weighted by atomic mass is 10.1. The standard InChI is InChI=1S/C18H19F3N4/c1-24-13-15(12-23-24)3-2-9-25-10-8-22-17(25)16-6-4-14(5-7-16)11-18(19,20)21/h4-8,10,12-13H,2-3,9,11H2,1H3. The third kappa shape index (κ3) is 4.71. The van der Waals surface area contributed by atoms with Crippen LogP contribution in [0.15, 0.2) is 49.1 Å². The number of hydrogen-bond donors (Lipinski definition) is 0. The Bertz CT molecular complexity index is 815. The average Bonchev–Trinajstić information content (AvgIpc) is 3.16. The topological polar surface area (TPSA) is 35.6 Å². The van der Waals surface area contributed by atoms with Crippen molar-refractivity contribution in [1.29, 1.82) is 0 Å². The average molecular weight is 348 g/mol. The highest BCUT2D eigenvalue weighted by molar-refractivity contribution is 5.56. The number of alkyl halides is 3. The first-order chi connectivity index (χ1) is 11.9. The van der Waals surface area contributed by atoms with Crippen LogP contribution in [0.3, 0.4) is 0 Å². The Morgan fingerprint density at radius 3 is 2.48 bits per heavy atom. The third-order valence-corrected chi connectivity index (χ3v) is 3.96. The minimum absolute atomic E-state index is 0.255. The van der Waals surface area contributed by atoms with E-state index in [2.05, 4.69) is 10.1 Å². The van der Waals surface area contributed by atoms with Gasteiger partial charge >= 0.3 is 6.18 Å². The fourth-order valence-corrected chi connectivity index (χ4v) is 2.81. The lowest BCUT2D eigenvalue weighted by molar-refractivity contribution is -0.127. The highest BCUT2D eigenvalue weighted by Crippen LogP contribution is 2.24. The van der Waals surface area contributed by atoms with Crippen molar-refractivity contribution >= 4 is 0 Å². The summed E-state index contributed by atoms with van der Waals surface area (Å²) in [6.45, 7) is 0.786. The second kappa shape index (κ2) is 7.13. The van der Waals surface area contributed by atoms with Gasteiger partial charge < -0.3 is 4.57 Å². The van der Waals surface area contributed by atoms with E-state index in [9.17, 15) is 13.2 Å². The number of benzene rings is 1. The molecule has 0 unspecified atom stereocenters. The lowest BCUT2D eigenvalue weighted by Crippen LogP contribution is -2.11. The van der Waals surface area contributed by atoms with Gasteiger partial charge in [-0.15, -0.1) is 0 Å². The summed E-state index contributed by atoms with van der Waals surface area (Å²) < 4.78 is 41.1. The van der Waals surface area contributed by atoms with Crippen LogP contribution in [0.2, 0.25) is 0 Å². The molecule has 0 aliphatic heterocycles. The van der Waals surface area contributed by atoms with Crippen molar-refractivity contribution in [2.45, 2.75) is 32.0 Å². The second-order valence-corrected chi connectivity index (χ2v) is 6.06. The first-order valence-corrected chi connectivity index (χ1v) is 8.05. The minimum Gasteiger partial charge on any atom is -0.331 e. The fourth-order valence-electron chi connectivity index (χ4n) is 2.81. The molecular weight excluding hydrogens is 329 g/mol. The zero-order chi connectivity index (χ0) is 17.9. The molecule has 0 bridgehead atoms. The van der Waals surface area contributed by atoms with Crippen LogP contribution >= 0.6 is 0 Å². The fraction of sp³-hybridized carbons (Fsp3) is 0.333. The van der Waals surface area contributed by atoms with Gasteiger partial charge in [-0.2, -0.15) is 18.3 Å². The molecule has 0 radical (unpaired) electrons. The van der Waals surface area contributed by atoms with Crippen LogP contribution in [0.25, 0.3) is 11.4 Å². The van der Waals surface area contributed by atoms with Crippen LogP contribution in [0, 0.1) is 0 Å². The first kappa shape index (κ1) is 17.3.